The van der Waals surface area contributed by atoms with E-state index >= 15 is 0 Å². The van der Waals surface area contributed by atoms with Crippen molar-refractivity contribution in [2.24, 2.45) is 0 Å². The third-order valence-electron chi connectivity index (χ3n) is 8.64. The van der Waals surface area contributed by atoms with Crippen LogP contribution in [0, 0.1) is 6.92 Å². The highest BCUT2D eigenvalue weighted by Gasteiger charge is 2.73. The molecule has 2 heterocycles. The Labute approximate surface area is 248 Å². The summed E-state index contributed by atoms with van der Waals surface area (Å²) in [5.74, 6) is 1.46. The number of aromatic amines is 1. The van der Waals surface area contributed by atoms with Crippen LogP contribution in [0.5, 0.6) is 23.0 Å². The summed E-state index contributed by atoms with van der Waals surface area (Å²) in [6.07, 6.45) is 0. The molecule has 0 radical (unpaired) electrons. The number of hydrogen-bond acceptors (Lipinski definition) is 7. The van der Waals surface area contributed by atoms with E-state index in [0.29, 0.717) is 51.1 Å². The third-order valence-corrected chi connectivity index (χ3v) is 8.64. The zero-order chi connectivity index (χ0) is 29.9. The number of aryl methyl sites for hydroxylation is 1. The maximum Gasteiger partial charge on any atom is 0.255 e. The smallest absolute Gasteiger partial charge is 0.255 e. The summed E-state index contributed by atoms with van der Waals surface area (Å²) in [5, 5.41) is 13.4. The lowest BCUT2D eigenvalue weighted by atomic mass is 9.70. The van der Waals surface area contributed by atoms with Crippen LogP contribution in [0.1, 0.15) is 39.4 Å². The zero-order valence-electron chi connectivity index (χ0n) is 24.2. The summed E-state index contributed by atoms with van der Waals surface area (Å²) in [6.45, 7) is 1.99. The molecule has 7 rings (SSSR count). The van der Waals surface area contributed by atoms with Gasteiger partial charge in [-0.15, -0.1) is 0 Å². The number of rotatable bonds is 6. The minimum atomic E-state index is -1.95. The monoisotopic (exact) mass is 574 g/mol. The van der Waals surface area contributed by atoms with Gasteiger partial charge in [0.2, 0.25) is 0 Å². The van der Waals surface area contributed by atoms with Crippen molar-refractivity contribution in [3.63, 3.8) is 0 Å². The largest absolute Gasteiger partial charge is 0.497 e. The lowest BCUT2D eigenvalue weighted by Gasteiger charge is -2.40. The van der Waals surface area contributed by atoms with E-state index in [-0.39, 0.29) is 11.3 Å². The molecule has 5 aromatic rings. The first-order valence-corrected chi connectivity index (χ1v) is 13.9. The van der Waals surface area contributed by atoms with Gasteiger partial charge in [-0.1, -0.05) is 72.3 Å². The standard InChI is InChI=1S/C35H30N2O6/c1-20-10-12-22(13-11-20)32-36-31-28(33(38)37-32)29(21-8-6-5-7-9-21)35(23-14-16-24(40-2)17-15-23)34(31,39)30-26(42-4)18-25(41-3)19-27(30)43-35/h5-19,29,39H,1-4H3,(H,36,37,38)/t29-,34+,35+/m0/s1. The molecule has 1 aromatic heterocycles. The second kappa shape index (κ2) is 9.74. The number of fused-ring (bicyclic) bond motifs is 5. The SMILES string of the molecule is COc1ccc([C@]23Oc4cc(OC)cc(OC)c4[C@@]2(O)c2nc(-c4ccc(C)cc4)[nH]c(=O)c2[C@@H]3c2ccccc2)cc1. The van der Waals surface area contributed by atoms with Crippen LogP contribution in [-0.4, -0.2) is 36.4 Å². The third kappa shape index (κ3) is 3.66. The first-order valence-electron chi connectivity index (χ1n) is 13.9. The number of ether oxygens (including phenoxy) is 4. The number of H-pyrrole nitrogens is 1. The van der Waals surface area contributed by atoms with Gasteiger partial charge in [0.25, 0.3) is 5.56 Å². The molecule has 0 fully saturated rings. The lowest BCUT2D eigenvalue weighted by Crippen LogP contribution is -2.49. The van der Waals surface area contributed by atoms with Crippen molar-refractivity contribution in [3.8, 4) is 34.4 Å². The van der Waals surface area contributed by atoms with Crippen LogP contribution < -0.4 is 24.5 Å². The van der Waals surface area contributed by atoms with Gasteiger partial charge in [-0.05, 0) is 24.6 Å². The Hall–Kier alpha value is -5.08. The van der Waals surface area contributed by atoms with Crippen LogP contribution in [0.2, 0.25) is 0 Å². The lowest BCUT2D eigenvalue weighted by molar-refractivity contribution is -0.0909. The fraction of sp³-hybridized carbons (Fsp3) is 0.200. The molecule has 43 heavy (non-hydrogen) atoms. The molecule has 3 atom stereocenters. The number of hydrogen-bond donors (Lipinski definition) is 2. The van der Waals surface area contributed by atoms with E-state index in [4.69, 9.17) is 23.9 Å². The molecule has 8 heteroatoms. The summed E-state index contributed by atoms with van der Waals surface area (Å²) in [7, 11) is 4.68. The second-order valence-corrected chi connectivity index (χ2v) is 10.9. The highest BCUT2D eigenvalue weighted by molar-refractivity contribution is 5.69. The van der Waals surface area contributed by atoms with Crippen molar-refractivity contribution in [2.45, 2.75) is 24.0 Å². The van der Waals surface area contributed by atoms with Gasteiger partial charge >= 0.3 is 0 Å². The Morgan fingerprint density at radius 2 is 1.56 bits per heavy atom. The van der Waals surface area contributed by atoms with Crippen LogP contribution in [0.25, 0.3) is 11.4 Å². The fourth-order valence-corrected chi connectivity index (χ4v) is 6.67. The average molecular weight is 575 g/mol. The van der Waals surface area contributed by atoms with Crippen molar-refractivity contribution in [1.29, 1.82) is 0 Å². The molecular weight excluding hydrogens is 544 g/mol. The first kappa shape index (κ1) is 26.8. The van der Waals surface area contributed by atoms with E-state index in [0.717, 1.165) is 11.1 Å². The Kier molecular flexibility index (Phi) is 6.07. The molecule has 0 unspecified atom stereocenters. The maximum atomic E-state index is 14.2. The van der Waals surface area contributed by atoms with Gasteiger partial charge < -0.3 is 29.0 Å². The number of aliphatic hydroxyl groups is 1. The van der Waals surface area contributed by atoms with Gasteiger partial charge in [-0.3, -0.25) is 4.79 Å². The molecule has 0 bridgehead atoms. The Balaban J connectivity index is 1.63. The van der Waals surface area contributed by atoms with Crippen LogP contribution in [0.3, 0.4) is 0 Å². The minimum Gasteiger partial charge on any atom is -0.497 e. The van der Waals surface area contributed by atoms with E-state index in [2.05, 4.69) is 4.98 Å². The summed E-state index contributed by atoms with van der Waals surface area (Å²) >= 11 is 0. The molecule has 4 aromatic carbocycles. The van der Waals surface area contributed by atoms with Crippen molar-refractivity contribution in [1.82, 2.24) is 9.97 Å². The topological polar surface area (TPSA) is 103 Å². The molecule has 0 amide bonds. The molecule has 216 valence electrons. The predicted molar refractivity (Wildman–Crippen MR) is 161 cm³/mol. The van der Waals surface area contributed by atoms with Gasteiger partial charge in [0, 0.05) is 23.3 Å². The van der Waals surface area contributed by atoms with E-state index in [1.807, 2.05) is 85.8 Å². The summed E-state index contributed by atoms with van der Waals surface area (Å²) < 4.78 is 23.9. The normalized spacial score (nSPS) is 21.4. The number of benzene rings is 4. The Morgan fingerprint density at radius 1 is 0.860 bits per heavy atom. The van der Waals surface area contributed by atoms with Gasteiger partial charge in [-0.2, -0.15) is 0 Å². The average Bonchev–Trinajstić information content (AvgIpc) is 3.44. The minimum absolute atomic E-state index is 0.207. The molecule has 0 saturated carbocycles. The molecule has 1 aliphatic heterocycles. The van der Waals surface area contributed by atoms with Gasteiger partial charge in [0.05, 0.1) is 44.1 Å². The van der Waals surface area contributed by atoms with Crippen LogP contribution in [-0.2, 0) is 11.2 Å². The number of aromatic nitrogens is 2. The molecule has 0 saturated heterocycles. The molecule has 2 N–H and O–H groups in total. The van der Waals surface area contributed by atoms with Crippen molar-refractivity contribution < 1.29 is 24.1 Å². The van der Waals surface area contributed by atoms with Crippen LogP contribution >= 0.6 is 0 Å². The molecule has 8 nitrogen and oxygen atoms in total. The zero-order valence-corrected chi connectivity index (χ0v) is 24.2. The molecular formula is C35H30N2O6. The molecule has 0 spiro atoms. The van der Waals surface area contributed by atoms with Crippen LogP contribution in [0.15, 0.2) is 95.8 Å². The summed E-state index contributed by atoms with van der Waals surface area (Å²) in [6, 6.07) is 28.1. The maximum absolute atomic E-state index is 14.2. The van der Waals surface area contributed by atoms with Crippen molar-refractivity contribution >= 4 is 0 Å². The number of nitrogens with one attached hydrogen (secondary N) is 1. The first-order chi connectivity index (χ1) is 20.8. The second-order valence-electron chi connectivity index (χ2n) is 10.9. The highest BCUT2D eigenvalue weighted by Crippen LogP contribution is 2.69. The van der Waals surface area contributed by atoms with E-state index in [1.54, 1.807) is 26.4 Å². The van der Waals surface area contributed by atoms with E-state index in [9.17, 15) is 9.90 Å². The summed E-state index contributed by atoms with van der Waals surface area (Å²) in [4.78, 5) is 22.3. The summed E-state index contributed by atoms with van der Waals surface area (Å²) in [5.41, 5.74) is 0.262. The van der Waals surface area contributed by atoms with E-state index in [1.165, 1.54) is 7.11 Å². The highest BCUT2D eigenvalue weighted by atomic mass is 16.5. The number of nitrogens with zero attached hydrogens (tertiary/aromatic N) is 1. The van der Waals surface area contributed by atoms with Gasteiger partial charge in [-0.25, -0.2) is 4.98 Å². The van der Waals surface area contributed by atoms with Gasteiger partial charge in [0.1, 0.15) is 28.8 Å². The fourth-order valence-electron chi connectivity index (χ4n) is 6.67. The Morgan fingerprint density at radius 3 is 2.21 bits per heavy atom. The Bertz CT molecular complexity index is 1900. The van der Waals surface area contributed by atoms with Gasteiger partial charge in [0.15, 0.2) is 11.2 Å². The molecule has 2 aliphatic rings. The van der Waals surface area contributed by atoms with E-state index < -0.39 is 17.1 Å². The van der Waals surface area contributed by atoms with Crippen LogP contribution in [0.4, 0.5) is 0 Å². The molecule has 1 aliphatic carbocycles. The quantitative estimate of drug-likeness (QED) is 0.278. The van der Waals surface area contributed by atoms with Crippen molar-refractivity contribution in [2.75, 3.05) is 21.3 Å². The van der Waals surface area contributed by atoms with Crippen molar-refractivity contribution in [3.05, 3.63) is 135 Å². The predicted octanol–water partition coefficient (Wildman–Crippen LogP) is 5.44. The number of methoxy groups -OCH3 is 3.